The molecule has 1 amide bonds. The summed E-state index contributed by atoms with van der Waals surface area (Å²) in [7, 11) is 1.52. The second-order valence-corrected chi connectivity index (χ2v) is 5.84. The first-order valence-electron chi connectivity index (χ1n) is 7.71. The number of halogens is 3. The molecule has 1 atom stereocenters. The third kappa shape index (κ3) is 5.10. The molecule has 1 fully saturated rings. The van der Waals surface area contributed by atoms with Crippen molar-refractivity contribution in [3.8, 4) is 5.75 Å². The second kappa shape index (κ2) is 7.85. The van der Waals surface area contributed by atoms with Crippen molar-refractivity contribution in [3.63, 3.8) is 0 Å². The topological polar surface area (TPSA) is 61.8 Å². The van der Waals surface area contributed by atoms with Gasteiger partial charge in [0.15, 0.2) is 6.10 Å². The molecule has 1 aromatic carbocycles. The highest BCUT2D eigenvalue weighted by molar-refractivity contribution is 5.94. The molecular formula is C16H21F3N2O3. The van der Waals surface area contributed by atoms with Crippen LogP contribution < -0.4 is 10.1 Å². The molecule has 1 aliphatic rings. The molecule has 0 aliphatic carbocycles. The number of rotatable bonds is 5. The number of piperidine rings is 1. The van der Waals surface area contributed by atoms with Gasteiger partial charge < -0.3 is 20.1 Å². The highest BCUT2D eigenvalue weighted by Crippen LogP contribution is 2.22. The number of ether oxygens (including phenoxy) is 1. The Labute approximate surface area is 138 Å². The molecule has 0 saturated carbocycles. The fourth-order valence-electron chi connectivity index (χ4n) is 2.64. The predicted molar refractivity (Wildman–Crippen MR) is 82.0 cm³/mol. The van der Waals surface area contributed by atoms with E-state index in [1.54, 1.807) is 29.2 Å². The average Bonchev–Trinajstić information content (AvgIpc) is 2.55. The highest BCUT2D eigenvalue weighted by atomic mass is 19.4. The van der Waals surface area contributed by atoms with Gasteiger partial charge in [0.2, 0.25) is 0 Å². The lowest BCUT2D eigenvalue weighted by Crippen LogP contribution is -2.48. The minimum absolute atomic E-state index is 0.0945. The molecule has 2 N–H and O–H groups in total. The van der Waals surface area contributed by atoms with E-state index in [0.717, 1.165) is 0 Å². The summed E-state index contributed by atoms with van der Waals surface area (Å²) in [4.78, 5) is 13.8. The number of aliphatic hydroxyl groups excluding tert-OH is 1. The Hall–Kier alpha value is -1.80. The molecule has 8 heteroatoms. The number of hydrogen-bond donors (Lipinski definition) is 2. The first kappa shape index (κ1) is 18.5. The number of likely N-dealkylation sites (tertiary alicyclic amines) is 1. The van der Waals surface area contributed by atoms with Crippen LogP contribution in [-0.2, 0) is 0 Å². The predicted octanol–water partition coefficient (Wildman–Crippen LogP) is 1.81. The zero-order valence-electron chi connectivity index (χ0n) is 13.3. The lowest BCUT2D eigenvalue weighted by Gasteiger charge is -2.33. The molecule has 24 heavy (non-hydrogen) atoms. The molecule has 134 valence electrons. The van der Waals surface area contributed by atoms with Gasteiger partial charge in [0.25, 0.3) is 5.91 Å². The zero-order chi connectivity index (χ0) is 17.7. The van der Waals surface area contributed by atoms with Gasteiger partial charge in [-0.05, 0) is 31.0 Å². The maximum Gasteiger partial charge on any atom is 0.415 e. The summed E-state index contributed by atoms with van der Waals surface area (Å²) in [6.45, 7) is 0.368. The molecule has 1 aliphatic heterocycles. The number of alkyl halides is 3. The minimum Gasteiger partial charge on any atom is -0.497 e. The molecule has 1 aromatic rings. The van der Waals surface area contributed by atoms with E-state index in [-0.39, 0.29) is 11.9 Å². The van der Waals surface area contributed by atoms with Gasteiger partial charge >= 0.3 is 6.18 Å². The Morgan fingerprint density at radius 1 is 1.42 bits per heavy atom. The average molecular weight is 346 g/mol. The van der Waals surface area contributed by atoms with Crippen LogP contribution in [0.1, 0.15) is 23.2 Å². The highest BCUT2D eigenvalue weighted by Gasteiger charge is 2.39. The smallest absolute Gasteiger partial charge is 0.415 e. The number of amides is 1. The number of β-amino-alcohol motifs (C(OH)–C–C–N with tert-alkyl or cyclic N) is 1. The van der Waals surface area contributed by atoms with Gasteiger partial charge in [0.1, 0.15) is 5.75 Å². The Morgan fingerprint density at radius 3 is 2.67 bits per heavy atom. The van der Waals surface area contributed by atoms with E-state index in [0.29, 0.717) is 37.2 Å². The lowest BCUT2D eigenvalue weighted by molar-refractivity contribution is -0.208. The summed E-state index contributed by atoms with van der Waals surface area (Å²) < 4.78 is 42.1. The molecule has 1 saturated heterocycles. The summed E-state index contributed by atoms with van der Waals surface area (Å²) in [5.41, 5.74) is 0.476. The van der Waals surface area contributed by atoms with Crippen LogP contribution in [0.5, 0.6) is 5.75 Å². The first-order chi connectivity index (χ1) is 11.3. The first-order valence-corrected chi connectivity index (χ1v) is 7.71. The maximum absolute atomic E-state index is 12.4. The van der Waals surface area contributed by atoms with Crippen molar-refractivity contribution in [2.45, 2.75) is 31.2 Å². The van der Waals surface area contributed by atoms with E-state index in [9.17, 15) is 18.0 Å². The Bertz CT molecular complexity index is 558. The Balaban J connectivity index is 1.81. The van der Waals surface area contributed by atoms with Crippen LogP contribution in [-0.4, -0.2) is 61.0 Å². The third-order valence-electron chi connectivity index (χ3n) is 4.06. The number of nitrogens with one attached hydrogen (secondary N) is 1. The molecular weight excluding hydrogens is 325 g/mol. The number of methoxy groups -OCH3 is 1. The summed E-state index contributed by atoms with van der Waals surface area (Å²) >= 11 is 0. The maximum atomic E-state index is 12.4. The molecule has 0 bridgehead atoms. The number of aliphatic hydroxyl groups is 1. The van der Waals surface area contributed by atoms with Crippen molar-refractivity contribution in [1.29, 1.82) is 0 Å². The van der Waals surface area contributed by atoms with Gasteiger partial charge in [-0.15, -0.1) is 0 Å². The number of carbonyl (C=O) groups excluding carboxylic acids is 1. The van der Waals surface area contributed by atoms with Crippen LogP contribution in [0, 0.1) is 0 Å². The molecule has 2 rings (SSSR count). The number of benzene rings is 1. The molecule has 0 aromatic heterocycles. The van der Waals surface area contributed by atoms with Crippen molar-refractivity contribution < 1.29 is 27.8 Å². The van der Waals surface area contributed by atoms with Gasteiger partial charge in [0, 0.05) is 31.2 Å². The molecule has 5 nitrogen and oxygen atoms in total. The number of hydrogen-bond acceptors (Lipinski definition) is 4. The SMILES string of the molecule is COc1cccc(C(=O)NC2CCN(CC(O)C(F)(F)F)CC2)c1. The molecule has 1 heterocycles. The van der Waals surface area contributed by atoms with Crippen LogP contribution in [0.3, 0.4) is 0 Å². The van der Waals surface area contributed by atoms with Crippen LogP contribution >= 0.6 is 0 Å². The lowest BCUT2D eigenvalue weighted by atomic mass is 10.0. The number of nitrogens with zero attached hydrogens (tertiary/aromatic N) is 1. The van der Waals surface area contributed by atoms with E-state index in [1.807, 2.05) is 0 Å². The monoisotopic (exact) mass is 346 g/mol. The second-order valence-electron chi connectivity index (χ2n) is 5.84. The van der Waals surface area contributed by atoms with E-state index in [2.05, 4.69) is 5.32 Å². The van der Waals surface area contributed by atoms with E-state index < -0.39 is 18.8 Å². The third-order valence-corrected chi connectivity index (χ3v) is 4.06. The number of carbonyl (C=O) groups is 1. The summed E-state index contributed by atoms with van der Waals surface area (Å²) in [5, 5.41) is 12.0. The van der Waals surface area contributed by atoms with Crippen molar-refractivity contribution in [2.24, 2.45) is 0 Å². The summed E-state index contributed by atoms with van der Waals surface area (Å²) in [5.74, 6) is 0.348. The van der Waals surface area contributed by atoms with Crippen LogP contribution in [0.2, 0.25) is 0 Å². The van der Waals surface area contributed by atoms with Crippen molar-refractivity contribution in [2.75, 3.05) is 26.7 Å². The van der Waals surface area contributed by atoms with Gasteiger partial charge in [-0.2, -0.15) is 13.2 Å². The summed E-state index contributed by atoms with van der Waals surface area (Å²) in [6.07, 6.45) is -5.85. The van der Waals surface area contributed by atoms with Gasteiger partial charge in [0.05, 0.1) is 7.11 Å². The summed E-state index contributed by atoms with van der Waals surface area (Å²) in [6, 6.07) is 6.66. The van der Waals surface area contributed by atoms with Crippen molar-refractivity contribution in [3.05, 3.63) is 29.8 Å². The zero-order valence-corrected chi connectivity index (χ0v) is 13.3. The fourth-order valence-corrected chi connectivity index (χ4v) is 2.64. The van der Waals surface area contributed by atoms with Crippen LogP contribution in [0.15, 0.2) is 24.3 Å². The minimum atomic E-state index is -4.60. The molecule has 0 spiro atoms. The van der Waals surface area contributed by atoms with E-state index in [1.165, 1.54) is 7.11 Å². The van der Waals surface area contributed by atoms with Crippen LogP contribution in [0.25, 0.3) is 0 Å². The Kier molecular flexibility index (Phi) is 6.06. The van der Waals surface area contributed by atoms with Crippen molar-refractivity contribution in [1.82, 2.24) is 10.2 Å². The fraction of sp³-hybridized carbons (Fsp3) is 0.562. The largest absolute Gasteiger partial charge is 0.497 e. The van der Waals surface area contributed by atoms with Gasteiger partial charge in [-0.1, -0.05) is 6.07 Å². The van der Waals surface area contributed by atoms with E-state index in [4.69, 9.17) is 9.84 Å². The van der Waals surface area contributed by atoms with Crippen molar-refractivity contribution >= 4 is 5.91 Å². The molecule has 0 radical (unpaired) electrons. The van der Waals surface area contributed by atoms with Gasteiger partial charge in [-0.25, -0.2) is 0 Å². The van der Waals surface area contributed by atoms with Crippen LogP contribution in [0.4, 0.5) is 13.2 Å². The quantitative estimate of drug-likeness (QED) is 0.854. The molecule has 1 unspecified atom stereocenters. The van der Waals surface area contributed by atoms with E-state index >= 15 is 0 Å². The van der Waals surface area contributed by atoms with Gasteiger partial charge in [-0.3, -0.25) is 4.79 Å². The normalized spacial score (nSPS) is 18.2. The standard InChI is InChI=1S/C16H21F3N2O3/c1-24-13-4-2-3-11(9-13)15(23)20-12-5-7-21(8-6-12)10-14(22)16(17,18)19/h2-4,9,12,14,22H,5-8,10H2,1H3,(H,20,23). The Morgan fingerprint density at radius 2 is 2.08 bits per heavy atom.